The predicted molar refractivity (Wildman–Crippen MR) is 124 cm³/mol. The van der Waals surface area contributed by atoms with Crippen molar-refractivity contribution >= 4 is 35.6 Å². The summed E-state index contributed by atoms with van der Waals surface area (Å²) in [6, 6.07) is -0.0941. The zero-order valence-electron chi connectivity index (χ0n) is 19.8. The van der Waals surface area contributed by atoms with E-state index in [1.807, 2.05) is 0 Å². The normalized spacial score (nSPS) is 14.1. The molecule has 14 heteroatoms. The summed E-state index contributed by atoms with van der Waals surface area (Å²) in [5.41, 5.74) is 11.1. The van der Waals surface area contributed by atoms with Crippen LogP contribution >= 0.6 is 0 Å². The SMILES string of the molecule is CC(C)C(NC(=O)C(Cc1ccc(O)cc1)NC(=O)C(CC(N)=O)NC(=O)C(N)CC(=O)O)C(=O)O. The molecule has 1 aromatic carbocycles. The summed E-state index contributed by atoms with van der Waals surface area (Å²) in [7, 11) is 0. The van der Waals surface area contributed by atoms with Crippen molar-refractivity contribution in [3.8, 4) is 5.75 Å². The van der Waals surface area contributed by atoms with Crippen LogP contribution in [0.15, 0.2) is 24.3 Å². The molecule has 4 amide bonds. The summed E-state index contributed by atoms with van der Waals surface area (Å²) in [5, 5.41) is 34.5. The molecule has 4 unspecified atom stereocenters. The largest absolute Gasteiger partial charge is 0.508 e. The Labute approximate surface area is 206 Å². The fraction of sp³-hybridized carbons (Fsp3) is 0.455. The van der Waals surface area contributed by atoms with E-state index >= 15 is 0 Å². The van der Waals surface area contributed by atoms with Crippen LogP contribution in [0.5, 0.6) is 5.75 Å². The van der Waals surface area contributed by atoms with Crippen molar-refractivity contribution < 1.29 is 44.1 Å². The number of hydrogen-bond acceptors (Lipinski definition) is 8. The van der Waals surface area contributed by atoms with Crippen LogP contribution in [0.1, 0.15) is 32.3 Å². The van der Waals surface area contributed by atoms with Gasteiger partial charge < -0.3 is 42.7 Å². The Balaban J connectivity index is 3.17. The molecule has 198 valence electrons. The summed E-state index contributed by atoms with van der Waals surface area (Å²) in [6.07, 6.45) is -1.57. The third kappa shape index (κ3) is 9.97. The number of aromatic hydroxyl groups is 1. The van der Waals surface area contributed by atoms with E-state index in [1.54, 1.807) is 13.8 Å². The van der Waals surface area contributed by atoms with Crippen molar-refractivity contribution in [1.29, 1.82) is 0 Å². The van der Waals surface area contributed by atoms with Crippen LogP contribution in [-0.2, 0) is 35.2 Å². The van der Waals surface area contributed by atoms with Crippen molar-refractivity contribution in [3.63, 3.8) is 0 Å². The van der Waals surface area contributed by atoms with Crippen molar-refractivity contribution in [1.82, 2.24) is 16.0 Å². The molecular formula is C22H31N5O9. The molecule has 0 saturated heterocycles. The van der Waals surface area contributed by atoms with Gasteiger partial charge in [-0.15, -0.1) is 0 Å². The second-order valence-electron chi connectivity index (χ2n) is 8.44. The average Bonchev–Trinajstić information content (AvgIpc) is 2.76. The number of aliphatic carboxylic acids is 2. The zero-order valence-corrected chi connectivity index (χ0v) is 19.8. The van der Waals surface area contributed by atoms with E-state index in [9.17, 15) is 39.0 Å². The van der Waals surface area contributed by atoms with Gasteiger partial charge >= 0.3 is 11.9 Å². The van der Waals surface area contributed by atoms with Crippen LogP contribution in [0.4, 0.5) is 0 Å². The topological polar surface area (TPSA) is 251 Å². The number of primary amides is 1. The molecule has 0 radical (unpaired) electrons. The second-order valence-corrected chi connectivity index (χ2v) is 8.44. The minimum Gasteiger partial charge on any atom is -0.508 e. The van der Waals surface area contributed by atoms with Crippen molar-refractivity contribution in [2.24, 2.45) is 17.4 Å². The summed E-state index contributed by atoms with van der Waals surface area (Å²) in [6.45, 7) is 3.15. The molecule has 0 fully saturated rings. The number of carbonyl (C=O) groups excluding carboxylic acids is 4. The lowest BCUT2D eigenvalue weighted by Gasteiger charge is -2.25. The molecule has 0 aliphatic heterocycles. The maximum atomic E-state index is 13.0. The number of phenols is 1. The van der Waals surface area contributed by atoms with Gasteiger partial charge in [0.2, 0.25) is 23.6 Å². The number of carboxylic acid groups (broad SMARTS) is 2. The zero-order chi connectivity index (χ0) is 27.6. The van der Waals surface area contributed by atoms with E-state index in [0.29, 0.717) is 5.56 Å². The van der Waals surface area contributed by atoms with Gasteiger partial charge in [0.25, 0.3) is 0 Å². The molecule has 1 aromatic rings. The van der Waals surface area contributed by atoms with Crippen LogP contribution in [0.2, 0.25) is 0 Å². The third-order valence-corrected chi connectivity index (χ3v) is 5.01. The summed E-state index contributed by atoms with van der Waals surface area (Å²) in [5.74, 6) is -7.08. The molecule has 1 rings (SSSR count). The lowest BCUT2D eigenvalue weighted by Crippen LogP contribution is -2.58. The molecule has 10 N–H and O–H groups in total. The summed E-state index contributed by atoms with van der Waals surface area (Å²) in [4.78, 5) is 71.9. The summed E-state index contributed by atoms with van der Waals surface area (Å²) < 4.78 is 0. The van der Waals surface area contributed by atoms with Crippen molar-refractivity contribution in [2.45, 2.75) is 57.3 Å². The first-order valence-electron chi connectivity index (χ1n) is 10.9. The van der Waals surface area contributed by atoms with E-state index in [2.05, 4.69) is 16.0 Å². The molecule has 0 saturated carbocycles. The number of nitrogens with one attached hydrogen (secondary N) is 3. The molecule has 14 nitrogen and oxygen atoms in total. The second kappa shape index (κ2) is 13.6. The number of amides is 4. The number of nitrogens with two attached hydrogens (primary N) is 2. The molecule has 0 aliphatic carbocycles. The monoisotopic (exact) mass is 509 g/mol. The lowest BCUT2D eigenvalue weighted by atomic mass is 10.0. The number of carboxylic acids is 2. The molecular weight excluding hydrogens is 478 g/mol. The molecule has 0 aromatic heterocycles. The molecule has 4 atom stereocenters. The molecule has 0 spiro atoms. The number of carbonyl (C=O) groups is 6. The van der Waals surface area contributed by atoms with Gasteiger partial charge in [0, 0.05) is 6.42 Å². The highest BCUT2D eigenvalue weighted by molar-refractivity contribution is 5.96. The van der Waals surface area contributed by atoms with E-state index in [-0.39, 0.29) is 12.2 Å². The standard InChI is InChI=1S/C22H31N5O9/c1-10(2)18(22(35)36)27-21(34)14(7-11-3-5-12(28)6-4-11)26-20(33)15(9-16(24)29)25-19(32)13(23)8-17(30)31/h3-6,10,13-15,18,28H,7-9,23H2,1-2H3,(H2,24,29)(H,25,32)(H,26,33)(H,27,34)(H,30,31)(H,35,36). The minimum absolute atomic E-state index is 0.0449. The Morgan fingerprint density at radius 3 is 1.83 bits per heavy atom. The Bertz CT molecular complexity index is 981. The van der Waals surface area contributed by atoms with Crippen LogP contribution in [0, 0.1) is 5.92 Å². The van der Waals surface area contributed by atoms with Gasteiger partial charge in [-0.25, -0.2) is 4.79 Å². The average molecular weight is 510 g/mol. The minimum atomic E-state index is -1.59. The van der Waals surface area contributed by atoms with Gasteiger partial charge in [0.05, 0.1) is 18.9 Å². The van der Waals surface area contributed by atoms with Crippen LogP contribution in [0.3, 0.4) is 0 Å². The first-order chi connectivity index (χ1) is 16.7. The van der Waals surface area contributed by atoms with E-state index in [0.717, 1.165) is 0 Å². The fourth-order valence-corrected chi connectivity index (χ4v) is 3.09. The van der Waals surface area contributed by atoms with Crippen LogP contribution < -0.4 is 27.4 Å². The maximum Gasteiger partial charge on any atom is 0.326 e. The van der Waals surface area contributed by atoms with E-state index < -0.39 is 78.5 Å². The predicted octanol–water partition coefficient (Wildman–Crippen LogP) is -2.19. The quantitative estimate of drug-likeness (QED) is 0.134. The molecule has 0 heterocycles. The summed E-state index contributed by atoms with van der Waals surface area (Å²) >= 11 is 0. The maximum absolute atomic E-state index is 13.0. The Kier molecular flexibility index (Phi) is 11.3. The first-order valence-corrected chi connectivity index (χ1v) is 10.9. The number of benzene rings is 1. The van der Waals surface area contributed by atoms with Gasteiger partial charge in [-0.2, -0.15) is 0 Å². The Morgan fingerprint density at radius 2 is 1.36 bits per heavy atom. The number of phenolic OH excluding ortho intramolecular Hbond substituents is 1. The fourth-order valence-electron chi connectivity index (χ4n) is 3.09. The van der Waals surface area contributed by atoms with Gasteiger partial charge in [0.1, 0.15) is 23.9 Å². The highest BCUT2D eigenvalue weighted by atomic mass is 16.4. The van der Waals surface area contributed by atoms with Gasteiger partial charge in [-0.05, 0) is 23.6 Å². The third-order valence-electron chi connectivity index (χ3n) is 5.01. The van der Waals surface area contributed by atoms with Gasteiger partial charge in [-0.1, -0.05) is 26.0 Å². The van der Waals surface area contributed by atoms with Crippen LogP contribution in [0.25, 0.3) is 0 Å². The first kappa shape index (κ1) is 29.8. The highest BCUT2D eigenvalue weighted by Gasteiger charge is 2.32. The molecule has 36 heavy (non-hydrogen) atoms. The van der Waals surface area contributed by atoms with E-state index in [1.165, 1.54) is 24.3 Å². The molecule has 0 bridgehead atoms. The van der Waals surface area contributed by atoms with Crippen molar-refractivity contribution in [3.05, 3.63) is 29.8 Å². The van der Waals surface area contributed by atoms with Crippen molar-refractivity contribution in [2.75, 3.05) is 0 Å². The number of hydrogen-bond donors (Lipinski definition) is 8. The highest BCUT2D eigenvalue weighted by Crippen LogP contribution is 2.12. The molecule has 0 aliphatic rings. The van der Waals surface area contributed by atoms with Crippen LogP contribution in [-0.4, -0.2) is 75.1 Å². The van der Waals surface area contributed by atoms with E-state index in [4.69, 9.17) is 16.6 Å². The Morgan fingerprint density at radius 1 is 0.833 bits per heavy atom. The number of rotatable bonds is 14. The Hall–Kier alpha value is -4.20. The smallest absolute Gasteiger partial charge is 0.326 e. The van der Waals surface area contributed by atoms with Gasteiger partial charge in [0.15, 0.2) is 0 Å². The van der Waals surface area contributed by atoms with Gasteiger partial charge in [-0.3, -0.25) is 24.0 Å². The lowest BCUT2D eigenvalue weighted by molar-refractivity contribution is -0.143.